The van der Waals surface area contributed by atoms with Gasteiger partial charge in [0.05, 0.1) is 0 Å². The molecule has 0 unspecified atom stereocenters. The third-order valence-electron chi connectivity index (χ3n) is 1.14. The highest BCUT2D eigenvalue weighted by Crippen LogP contribution is 1.87. The molecule has 0 spiro atoms. The lowest BCUT2D eigenvalue weighted by molar-refractivity contribution is 0.683. The lowest BCUT2D eigenvalue weighted by Gasteiger charge is -1.95. The van der Waals surface area contributed by atoms with E-state index < -0.39 is 0 Å². The van der Waals surface area contributed by atoms with Crippen molar-refractivity contribution < 1.29 is 0 Å². The van der Waals surface area contributed by atoms with Crippen LogP contribution in [-0.4, -0.2) is 11.1 Å². The Hall–Kier alpha value is -0.810. The quantitative estimate of drug-likeness (QED) is 0.440. The Morgan fingerprint density at radius 2 is 2.50 bits per heavy atom. The highest BCUT2D eigenvalue weighted by molar-refractivity contribution is 7.07. The van der Waals surface area contributed by atoms with Gasteiger partial charge in [-0.25, -0.2) is 0 Å². The lowest BCUT2D eigenvalue weighted by Crippen LogP contribution is -2.20. The molecule has 0 aliphatic heterocycles. The zero-order valence-electron chi connectivity index (χ0n) is 5.53. The molecule has 0 atom stereocenters. The van der Waals surface area contributed by atoms with Gasteiger partial charge in [-0.2, -0.15) is 5.10 Å². The molecule has 4 nitrogen and oxygen atoms in total. The molecular formula is C5H10N4S. The molecule has 0 bridgehead atoms. The second-order valence-electron chi connectivity index (χ2n) is 1.80. The van der Waals surface area contributed by atoms with Gasteiger partial charge in [0.25, 0.3) is 0 Å². The van der Waals surface area contributed by atoms with Crippen LogP contribution in [0.15, 0.2) is 16.7 Å². The summed E-state index contributed by atoms with van der Waals surface area (Å²) in [5.74, 6) is 5.10. The molecule has 0 saturated carbocycles. The van der Waals surface area contributed by atoms with Gasteiger partial charge in [-0.15, -0.1) is 11.3 Å². The van der Waals surface area contributed by atoms with Gasteiger partial charge >= 0.3 is 0 Å². The van der Waals surface area contributed by atoms with Crippen LogP contribution in [-0.2, 0) is 6.54 Å². The average Bonchev–Trinajstić information content (AvgIpc) is 2.36. The summed E-state index contributed by atoms with van der Waals surface area (Å²) in [4.78, 5) is 0.811. The highest BCUT2D eigenvalue weighted by atomic mass is 32.1. The van der Waals surface area contributed by atoms with Crippen molar-refractivity contribution in [3.05, 3.63) is 16.4 Å². The zero-order chi connectivity index (χ0) is 7.40. The molecule has 0 amide bonds. The number of thiazole rings is 1. The second kappa shape index (κ2) is 3.38. The fourth-order valence-corrected chi connectivity index (χ4v) is 1.39. The summed E-state index contributed by atoms with van der Waals surface area (Å²) >= 11 is 1.51. The molecule has 0 aromatic carbocycles. The molecule has 1 aromatic heterocycles. The smallest absolute Gasteiger partial charge is 0.207 e. The minimum Gasteiger partial charge on any atom is -0.329 e. The van der Waals surface area contributed by atoms with Crippen LogP contribution in [0.25, 0.3) is 0 Å². The molecule has 1 heterocycles. The van der Waals surface area contributed by atoms with Crippen LogP contribution in [0.4, 0.5) is 0 Å². The molecule has 1 aromatic rings. The van der Waals surface area contributed by atoms with Gasteiger partial charge in [0.2, 0.25) is 4.80 Å². The minimum atomic E-state index is 0.615. The molecule has 1 rings (SSSR count). The van der Waals surface area contributed by atoms with Gasteiger partial charge in [-0.3, -0.25) is 0 Å². The van der Waals surface area contributed by atoms with E-state index in [1.807, 2.05) is 16.1 Å². The number of nitrogens with two attached hydrogens (primary N) is 2. The molecule has 0 aliphatic rings. The normalized spacial score (nSPS) is 12.3. The van der Waals surface area contributed by atoms with Crippen LogP contribution < -0.4 is 16.4 Å². The van der Waals surface area contributed by atoms with E-state index in [2.05, 4.69) is 5.10 Å². The van der Waals surface area contributed by atoms with Crippen molar-refractivity contribution in [2.24, 2.45) is 16.7 Å². The van der Waals surface area contributed by atoms with E-state index in [9.17, 15) is 0 Å². The highest BCUT2D eigenvalue weighted by Gasteiger charge is 1.90. The molecule has 0 saturated heterocycles. The SMILES string of the molecule is NCCn1ccsc1=NN. The van der Waals surface area contributed by atoms with Crippen molar-refractivity contribution in [3.63, 3.8) is 0 Å². The Balaban J connectivity index is 2.91. The van der Waals surface area contributed by atoms with Crippen molar-refractivity contribution in [3.8, 4) is 0 Å². The van der Waals surface area contributed by atoms with Gasteiger partial charge < -0.3 is 16.1 Å². The predicted molar refractivity (Wildman–Crippen MR) is 41.1 cm³/mol. The fourth-order valence-electron chi connectivity index (χ4n) is 0.710. The van der Waals surface area contributed by atoms with Crippen molar-refractivity contribution in [2.75, 3.05) is 6.54 Å². The number of rotatable bonds is 2. The first kappa shape index (κ1) is 7.30. The van der Waals surface area contributed by atoms with Crippen LogP contribution in [0.5, 0.6) is 0 Å². The van der Waals surface area contributed by atoms with Crippen LogP contribution in [0.2, 0.25) is 0 Å². The van der Waals surface area contributed by atoms with Crippen LogP contribution in [0, 0.1) is 0 Å². The first-order valence-corrected chi connectivity index (χ1v) is 3.84. The largest absolute Gasteiger partial charge is 0.329 e. The number of nitrogens with zero attached hydrogens (tertiary/aromatic N) is 2. The van der Waals surface area contributed by atoms with Gasteiger partial charge in [0.15, 0.2) is 0 Å². The van der Waals surface area contributed by atoms with E-state index in [4.69, 9.17) is 11.6 Å². The molecule has 56 valence electrons. The lowest BCUT2D eigenvalue weighted by atomic mass is 10.6. The Morgan fingerprint density at radius 1 is 1.70 bits per heavy atom. The first-order valence-electron chi connectivity index (χ1n) is 2.96. The van der Waals surface area contributed by atoms with Crippen LogP contribution >= 0.6 is 11.3 Å². The molecular weight excluding hydrogens is 148 g/mol. The van der Waals surface area contributed by atoms with Crippen molar-refractivity contribution in [2.45, 2.75) is 6.54 Å². The number of aromatic nitrogens is 1. The van der Waals surface area contributed by atoms with Gasteiger partial charge in [-0.1, -0.05) is 0 Å². The van der Waals surface area contributed by atoms with Crippen LogP contribution in [0.3, 0.4) is 0 Å². The van der Waals surface area contributed by atoms with E-state index in [0.29, 0.717) is 6.54 Å². The third-order valence-corrected chi connectivity index (χ3v) is 1.95. The summed E-state index contributed by atoms with van der Waals surface area (Å²) in [5.41, 5.74) is 5.34. The maximum Gasteiger partial charge on any atom is 0.207 e. The maximum absolute atomic E-state index is 5.34. The van der Waals surface area contributed by atoms with E-state index in [0.717, 1.165) is 11.3 Å². The summed E-state index contributed by atoms with van der Waals surface area (Å²) in [5, 5.41) is 5.51. The summed E-state index contributed by atoms with van der Waals surface area (Å²) in [6.07, 6.45) is 1.92. The maximum atomic E-state index is 5.34. The van der Waals surface area contributed by atoms with Crippen molar-refractivity contribution >= 4 is 11.3 Å². The number of hydrogen-bond acceptors (Lipinski definition) is 4. The van der Waals surface area contributed by atoms with E-state index >= 15 is 0 Å². The monoisotopic (exact) mass is 158 g/mol. The van der Waals surface area contributed by atoms with E-state index in [-0.39, 0.29) is 0 Å². The van der Waals surface area contributed by atoms with Gasteiger partial charge in [-0.05, 0) is 0 Å². The Bertz CT molecular complexity index is 248. The first-order chi connectivity index (χ1) is 4.88. The van der Waals surface area contributed by atoms with Gasteiger partial charge in [0, 0.05) is 24.7 Å². The molecule has 0 radical (unpaired) electrons. The van der Waals surface area contributed by atoms with Crippen LogP contribution in [0.1, 0.15) is 0 Å². The van der Waals surface area contributed by atoms with E-state index in [1.165, 1.54) is 11.3 Å². The summed E-state index contributed by atoms with van der Waals surface area (Å²) in [7, 11) is 0. The van der Waals surface area contributed by atoms with Crippen molar-refractivity contribution in [1.29, 1.82) is 0 Å². The topological polar surface area (TPSA) is 69.3 Å². The number of hydrogen-bond donors (Lipinski definition) is 2. The standard InChI is InChI=1S/C5H10N4S/c6-1-2-9-3-4-10-5(9)8-7/h3-4H,1-2,6-7H2. The zero-order valence-corrected chi connectivity index (χ0v) is 6.34. The van der Waals surface area contributed by atoms with E-state index in [1.54, 1.807) is 0 Å². The molecule has 0 aliphatic carbocycles. The third kappa shape index (κ3) is 1.37. The summed E-state index contributed by atoms with van der Waals surface area (Å²) in [6.45, 7) is 1.39. The summed E-state index contributed by atoms with van der Waals surface area (Å²) in [6, 6.07) is 0. The Morgan fingerprint density at radius 3 is 3.10 bits per heavy atom. The van der Waals surface area contributed by atoms with Crippen molar-refractivity contribution in [1.82, 2.24) is 4.57 Å². The average molecular weight is 158 g/mol. The Labute approximate surface area is 62.8 Å². The Kier molecular flexibility index (Phi) is 2.47. The minimum absolute atomic E-state index is 0.615. The fraction of sp³-hybridized carbons (Fsp3) is 0.400. The molecule has 4 N–H and O–H groups in total. The molecule has 5 heteroatoms. The predicted octanol–water partition coefficient (Wildman–Crippen LogP) is -0.717. The van der Waals surface area contributed by atoms with Gasteiger partial charge in [0.1, 0.15) is 0 Å². The molecule has 10 heavy (non-hydrogen) atoms. The second-order valence-corrected chi connectivity index (χ2v) is 2.67. The molecule has 0 fully saturated rings. The summed E-state index contributed by atoms with van der Waals surface area (Å²) < 4.78 is 1.92.